The fourth-order valence-electron chi connectivity index (χ4n) is 3.68. The number of carbonyl (C=O) groups excluding carboxylic acids is 1. The maximum atomic E-state index is 13.0. The van der Waals surface area contributed by atoms with Gasteiger partial charge in [-0.15, -0.1) is 0 Å². The van der Waals surface area contributed by atoms with Crippen LogP contribution in [0.5, 0.6) is 5.75 Å². The summed E-state index contributed by atoms with van der Waals surface area (Å²) in [6.07, 6.45) is 0.713. The summed E-state index contributed by atoms with van der Waals surface area (Å²) in [5, 5.41) is 0. The Hall–Kier alpha value is -2.58. The highest BCUT2D eigenvalue weighted by atomic mass is 32.2. The molecule has 2 aromatic rings. The molecule has 154 valence electrons. The van der Waals surface area contributed by atoms with Gasteiger partial charge in [0.2, 0.25) is 0 Å². The van der Waals surface area contributed by atoms with E-state index in [0.29, 0.717) is 31.8 Å². The summed E-state index contributed by atoms with van der Waals surface area (Å²) in [6, 6.07) is 13.8. The van der Waals surface area contributed by atoms with E-state index in [1.54, 1.807) is 17.0 Å². The van der Waals surface area contributed by atoms with E-state index in [1.165, 1.54) is 16.4 Å². The van der Waals surface area contributed by atoms with Gasteiger partial charge in [-0.3, -0.25) is 9.10 Å². The zero-order valence-electron chi connectivity index (χ0n) is 16.5. The third-order valence-electron chi connectivity index (χ3n) is 5.47. The van der Waals surface area contributed by atoms with Crippen molar-refractivity contribution in [1.29, 1.82) is 0 Å². The average Bonchev–Trinajstić information content (AvgIpc) is 3.18. The maximum Gasteiger partial charge on any atom is 0.264 e. The van der Waals surface area contributed by atoms with Gasteiger partial charge >= 0.3 is 0 Å². The molecule has 0 aliphatic carbocycles. The molecule has 4 rings (SSSR count). The molecule has 0 atom stereocenters. The first-order valence-corrected chi connectivity index (χ1v) is 11.2. The normalized spacial score (nSPS) is 17.3. The predicted octanol–water partition coefficient (Wildman–Crippen LogP) is 1.59. The average molecular weight is 416 g/mol. The van der Waals surface area contributed by atoms with Crippen molar-refractivity contribution in [1.82, 2.24) is 9.80 Å². The van der Waals surface area contributed by atoms with Crippen molar-refractivity contribution < 1.29 is 17.9 Å². The number of hydrogen-bond donors (Lipinski definition) is 0. The Morgan fingerprint density at radius 2 is 1.66 bits per heavy atom. The van der Waals surface area contributed by atoms with Gasteiger partial charge in [0.15, 0.2) is 6.61 Å². The van der Waals surface area contributed by atoms with Gasteiger partial charge in [0.05, 0.1) is 10.6 Å². The molecule has 0 saturated carbocycles. The van der Waals surface area contributed by atoms with E-state index in [4.69, 9.17) is 4.74 Å². The zero-order valence-corrected chi connectivity index (χ0v) is 17.3. The van der Waals surface area contributed by atoms with Crippen LogP contribution in [0.4, 0.5) is 5.69 Å². The Morgan fingerprint density at radius 1 is 0.966 bits per heavy atom. The topological polar surface area (TPSA) is 70.2 Å². The van der Waals surface area contributed by atoms with Crippen molar-refractivity contribution >= 4 is 21.6 Å². The SMILES string of the molecule is CN1CCN(C(=O)COc2ccc(S(=O)(=O)N3CCc4ccccc43)cc2)CC1. The monoisotopic (exact) mass is 415 g/mol. The Morgan fingerprint density at radius 3 is 2.38 bits per heavy atom. The Labute approximate surface area is 171 Å². The molecular formula is C21H25N3O4S. The molecule has 0 bridgehead atoms. The van der Waals surface area contributed by atoms with Gasteiger partial charge in [0.25, 0.3) is 15.9 Å². The zero-order chi connectivity index (χ0) is 20.4. The van der Waals surface area contributed by atoms with E-state index in [-0.39, 0.29) is 17.4 Å². The molecule has 2 aromatic carbocycles. The van der Waals surface area contributed by atoms with Crippen molar-refractivity contribution in [3.05, 3.63) is 54.1 Å². The largest absolute Gasteiger partial charge is 0.484 e. The Bertz CT molecular complexity index is 983. The van der Waals surface area contributed by atoms with Gasteiger partial charge < -0.3 is 14.5 Å². The Kier molecular flexibility index (Phi) is 5.47. The van der Waals surface area contributed by atoms with E-state index >= 15 is 0 Å². The molecule has 29 heavy (non-hydrogen) atoms. The number of sulfonamides is 1. The lowest BCUT2D eigenvalue weighted by molar-refractivity contribution is -0.134. The Balaban J connectivity index is 1.40. The second-order valence-electron chi connectivity index (χ2n) is 7.40. The first-order chi connectivity index (χ1) is 13.9. The van der Waals surface area contributed by atoms with Crippen molar-refractivity contribution in [3.63, 3.8) is 0 Å². The summed E-state index contributed by atoms with van der Waals surface area (Å²) in [7, 11) is -1.59. The number of amides is 1. The van der Waals surface area contributed by atoms with Crippen LogP contribution in [0.3, 0.4) is 0 Å². The van der Waals surface area contributed by atoms with Crippen molar-refractivity contribution in [2.75, 3.05) is 50.7 Å². The van der Waals surface area contributed by atoms with Gasteiger partial charge in [-0.05, 0) is 49.4 Å². The van der Waals surface area contributed by atoms with E-state index < -0.39 is 10.0 Å². The third-order valence-corrected chi connectivity index (χ3v) is 7.30. The molecule has 0 unspecified atom stereocenters. The lowest BCUT2D eigenvalue weighted by Gasteiger charge is -2.32. The van der Waals surface area contributed by atoms with Crippen LogP contribution >= 0.6 is 0 Å². The van der Waals surface area contributed by atoms with E-state index in [9.17, 15) is 13.2 Å². The molecule has 0 aromatic heterocycles. The lowest BCUT2D eigenvalue weighted by Crippen LogP contribution is -2.48. The number of carbonyl (C=O) groups is 1. The molecule has 7 nitrogen and oxygen atoms in total. The second-order valence-corrected chi connectivity index (χ2v) is 9.26. The highest BCUT2D eigenvalue weighted by molar-refractivity contribution is 7.92. The van der Waals surface area contributed by atoms with E-state index in [1.807, 2.05) is 31.3 Å². The van der Waals surface area contributed by atoms with E-state index in [0.717, 1.165) is 24.3 Å². The summed E-state index contributed by atoms with van der Waals surface area (Å²) in [6.45, 7) is 3.52. The van der Waals surface area contributed by atoms with Crippen LogP contribution in [0.1, 0.15) is 5.56 Å². The lowest BCUT2D eigenvalue weighted by atomic mass is 10.2. The minimum atomic E-state index is -3.62. The molecule has 1 saturated heterocycles. The number of nitrogens with zero attached hydrogens (tertiary/aromatic N) is 3. The van der Waals surface area contributed by atoms with E-state index in [2.05, 4.69) is 4.90 Å². The van der Waals surface area contributed by atoms with Gasteiger partial charge in [-0.2, -0.15) is 0 Å². The van der Waals surface area contributed by atoms with Gasteiger partial charge in [-0.25, -0.2) is 8.42 Å². The number of para-hydroxylation sites is 1. The summed E-state index contributed by atoms with van der Waals surface area (Å²) in [4.78, 5) is 16.5. The number of benzene rings is 2. The number of piperazine rings is 1. The molecule has 1 amide bonds. The quantitative estimate of drug-likeness (QED) is 0.742. The molecule has 2 aliphatic rings. The van der Waals surface area contributed by atoms with Crippen LogP contribution in [-0.4, -0.2) is 70.5 Å². The number of hydrogen-bond acceptors (Lipinski definition) is 5. The summed E-state index contributed by atoms with van der Waals surface area (Å²) in [5.41, 5.74) is 1.78. The molecule has 0 N–H and O–H groups in total. The van der Waals surface area contributed by atoms with Crippen LogP contribution < -0.4 is 9.04 Å². The van der Waals surface area contributed by atoms with Crippen LogP contribution in [0.15, 0.2) is 53.4 Å². The van der Waals surface area contributed by atoms with Crippen molar-refractivity contribution in [2.45, 2.75) is 11.3 Å². The van der Waals surface area contributed by atoms with Crippen LogP contribution in [-0.2, 0) is 21.2 Å². The fraction of sp³-hybridized carbons (Fsp3) is 0.381. The highest BCUT2D eigenvalue weighted by Gasteiger charge is 2.30. The van der Waals surface area contributed by atoms with Crippen LogP contribution in [0.25, 0.3) is 0 Å². The van der Waals surface area contributed by atoms with Gasteiger partial charge in [0, 0.05) is 32.7 Å². The highest BCUT2D eigenvalue weighted by Crippen LogP contribution is 2.33. The predicted molar refractivity (Wildman–Crippen MR) is 111 cm³/mol. The standard InChI is InChI=1S/C21H25N3O4S/c1-22-12-14-23(15-13-22)21(25)16-28-18-6-8-19(9-7-18)29(26,27)24-11-10-17-4-2-3-5-20(17)24/h2-9H,10-16H2,1H3. The molecule has 0 spiro atoms. The van der Waals surface area contributed by atoms with Crippen LogP contribution in [0, 0.1) is 0 Å². The molecule has 1 fully saturated rings. The number of likely N-dealkylation sites (N-methyl/N-ethyl adjacent to an activating group) is 1. The molecule has 8 heteroatoms. The first-order valence-electron chi connectivity index (χ1n) is 9.75. The summed E-state index contributed by atoms with van der Waals surface area (Å²) < 4.78 is 33.1. The summed E-state index contributed by atoms with van der Waals surface area (Å²) in [5.74, 6) is 0.428. The molecular weight excluding hydrogens is 390 g/mol. The summed E-state index contributed by atoms with van der Waals surface area (Å²) >= 11 is 0. The van der Waals surface area contributed by atoms with Crippen molar-refractivity contribution in [2.24, 2.45) is 0 Å². The maximum absolute atomic E-state index is 13.0. The fourth-order valence-corrected chi connectivity index (χ4v) is 5.19. The minimum Gasteiger partial charge on any atom is -0.484 e. The number of fused-ring (bicyclic) bond motifs is 1. The first kappa shape index (κ1) is 19.7. The number of rotatable bonds is 5. The number of ether oxygens (including phenoxy) is 1. The molecule has 2 aliphatic heterocycles. The third kappa shape index (κ3) is 4.09. The van der Waals surface area contributed by atoms with Gasteiger partial charge in [-0.1, -0.05) is 18.2 Å². The second kappa shape index (κ2) is 8.04. The smallest absolute Gasteiger partial charge is 0.264 e. The molecule has 0 radical (unpaired) electrons. The molecule has 2 heterocycles. The van der Waals surface area contributed by atoms with Crippen molar-refractivity contribution in [3.8, 4) is 5.75 Å². The van der Waals surface area contributed by atoms with Crippen LogP contribution in [0.2, 0.25) is 0 Å². The minimum absolute atomic E-state index is 0.0463. The number of anilines is 1. The van der Waals surface area contributed by atoms with Gasteiger partial charge in [0.1, 0.15) is 5.75 Å².